The largest absolute Gasteiger partial charge is 0.339 e. The zero-order valence-electron chi connectivity index (χ0n) is 13.6. The Hall–Kier alpha value is -2.24. The summed E-state index contributed by atoms with van der Waals surface area (Å²) in [6, 6.07) is 3.59. The van der Waals surface area contributed by atoms with Crippen LogP contribution >= 0.6 is 0 Å². The van der Waals surface area contributed by atoms with E-state index in [4.69, 9.17) is 4.52 Å². The highest BCUT2D eigenvalue weighted by molar-refractivity contribution is 5.93. The van der Waals surface area contributed by atoms with Crippen molar-refractivity contribution in [2.75, 3.05) is 13.1 Å². The topological polar surface area (TPSA) is 72.1 Å². The highest BCUT2D eigenvalue weighted by Gasteiger charge is 2.28. The van der Waals surface area contributed by atoms with Crippen molar-refractivity contribution >= 4 is 5.91 Å². The first-order valence-electron chi connectivity index (χ1n) is 8.21. The van der Waals surface area contributed by atoms with Crippen LogP contribution in [-0.2, 0) is 0 Å². The molecule has 0 bridgehead atoms. The molecule has 23 heavy (non-hydrogen) atoms. The van der Waals surface area contributed by atoms with Crippen LogP contribution in [0.1, 0.15) is 67.0 Å². The van der Waals surface area contributed by atoms with E-state index < -0.39 is 0 Å². The third-order valence-corrected chi connectivity index (χ3v) is 4.55. The second-order valence-electron chi connectivity index (χ2n) is 6.11. The van der Waals surface area contributed by atoms with E-state index in [9.17, 15) is 4.79 Å². The monoisotopic (exact) mass is 314 g/mol. The van der Waals surface area contributed by atoms with Crippen molar-refractivity contribution < 1.29 is 9.32 Å². The summed E-state index contributed by atoms with van der Waals surface area (Å²) in [6.45, 7) is 5.63. The van der Waals surface area contributed by atoms with Gasteiger partial charge in [-0.15, -0.1) is 0 Å². The molecule has 0 aromatic carbocycles. The molecule has 0 unspecified atom stereocenters. The van der Waals surface area contributed by atoms with Crippen molar-refractivity contribution in [1.29, 1.82) is 0 Å². The summed E-state index contributed by atoms with van der Waals surface area (Å²) in [5, 5.41) is 4.09. The molecule has 0 saturated carbocycles. The van der Waals surface area contributed by atoms with Crippen LogP contribution in [0.3, 0.4) is 0 Å². The average Bonchev–Trinajstić information content (AvgIpc) is 3.11. The molecule has 1 aliphatic heterocycles. The number of carbonyl (C=O) groups excluding carboxylic acids is 1. The summed E-state index contributed by atoms with van der Waals surface area (Å²) in [7, 11) is 0. The lowest BCUT2D eigenvalue weighted by atomic mass is 9.96. The average molecular weight is 314 g/mol. The number of amides is 1. The minimum Gasteiger partial charge on any atom is -0.339 e. The van der Waals surface area contributed by atoms with Gasteiger partial charge in [0.15, 0.2) is 5.82 Å². The maximum Gasteiger partial charge on any atom is 0.255 e. The molecule has 122 valence electrons. The van der Waals surface area contributed by atoms with Crippen LogP contribution in [0.2, 0.25) is 0 Å². The molecule has 2 aromatic heterocycles. The highest BCUT2D eigenvalue weighted by Crippen LogP contribution is 2.28. The molecule has 1 amide bonds. The Morgan fingerprint density at radius 1 is 1.43 bits per heavy atom. The van der Waals surface area contributed by atoms with Gasteiger partial charge < -0.3 is 9.42 Å². The van der Waals surface area contributed by atoms with Crippen molar-refractivity contribution in [3.63, 3.8) is 0 Å². The normalized spacial score (nSPS) is 17.2. The van der Waals surface area contributed by atoms with E-state index in [1.54, 1.807) is 24.5 Å². The van der Waals surface area contributed by atoms with Crippen LogP contribution in [0.25, 0.3) is 0 Å². The molecule has 0 aliphatic carbocycles. The molecule has 3 rings (SSSR count). The van der Waals surface area contributed by atoms with Crippen LogP contribution in [-0.4, -0.2) is 39.0 Å². The Morgan fingerprint density at radius 2 is 2.22 bits per heavy atom. The van der Waals surface area contributed by atoms with E-state index in [2.05, 4.69) is 29.0 Å². The summed E-state index contributed by atoms with van der Waals surface area (Å²) >= 11 is 0. The molecule has 0 radical (unpaired) electrons. The van der Waals surface area contributed by atoms with Gasteiger partial charge in [-0.05, 0) is 31.4 Å². The Bertz CT molecular complexity index is 648. The van der Waals surface area contributed by atoms with Crippen LogP contribution < -0.4 is 0 Å². The predicted molar refractivity (Wildman–Crippen MR) is 85.1 cm³/mol. The van der Waals surface area contributed by atoms with E-state index in [1.165, 1.54) is 0 Å². The zero-order chi connectivity index (χ0) is 16.2. The molecule has 3 heterocycles. The van der Waals surface area contributed by atoms with Gasteiger partial charge in [0.1, 0.15) is 0 Å². The standard InChI is InChI=1S/C17H22N4O2/c1-3-12(2)15-19-16(23-20-15)13-6-9-21(10-7-13)17(22)14-5-4-8-18-11-14/h4-5,8,11-13H,3,6-7,9-10H2,1-2H3/t12-/m0/s1. The minimum atomic E-state index is 0.0439. The lowest BCUT2D eigenvalue weighted by Gasteiger charge is -2.30. The smallest absolute Gasteiger partial charge is 0.255 e. The number of rotatable bonds is 4. The number of nitrogens with zero attached hydrogens (tertiary/aromatic N) is 4. The summed E-state index contributed by atoms with van der Waals surface area (Å²) in [5.41, 5.74) is 0.641. The van der Waals surface area contributed by atoms with Gasteiger partial charge in [0.05, 0.1) is 5.56 Å². The fourth-order valence-corrected chi connectivity index (χ4v) is 2.80. The summed E-state index contributed by atoms with van der Waals surface area (Å²) in [5.74, 6) is 2.12. The second-order valence-corrected chi connectivity index (χ2v) is 6.11. The first kappa shape index (κ1) is 15.6. The minimum absolute atomic E-state index is 0.0439. The maximum absolute atomic E-state index is 12.4. The van der Waals surface area contributed by atoms with Gasteiger partial charge in [-0.1, -0.05) is 19.0 Å². The molecule has 0 spiro atoms. The first-order valence-corrected chi connectivity index (χ1v) is 8.21. The third kappa shape index (κ3) is 3.41. The summed E-state index contributed by atoms with van der Waals surface area (Å²) in [4.78, 5) is 22.8. The van der Waals surface area contributed by atoms with Gasteiger partial charge in [-0.25, -0.2) is 0 Å². The zero-order valence-corrected chi connectivity index (χ0v) is 13.6. The fourth-order valence-electron chi connectivity index (χ4n) is 2.80. The number of aromatic nitrogens is 3. The van der Waals surface area contributed by atoms with E-state index in [-0.39, 0.29) is 11.8 Å². The molecule has 1 aliphatic rings. The number of likely N-dealkylation sites (tertiary alicyclic amines) is 1. The van der Waals surface area contributed by atoms with Crippen LogP contribution in [0.5, 0.6) is 0 Å². The second kappa shape index (κ2) is 6.89. The van der Waals surface area contributed by atoms with Crippen molar-refractivity contribution in [1.82, 2.24) is 20.0 Å². The Kier molecular flexibility index (Phi) is 4.69. The van der Waals surface area contributed by atoms with Crippen molar-refractivity contribution in [3.05, 3.63) is 41.8 Å². The van der Waals surface area contributed by atoms with E-state index in [0.717, 1.165) is 25.1 Å². The first-order chi connectivity index (χ1) is 11.2. The molecule has 1 saturated heterocycles. The molecule has 1 atom stereocenters. The van der Waals surface area contributed by atoms with Gasteiger partial charge in [-0.3, -0.25) is 9.78 Å². The molecule has 6 nitrogen and oxygen atoms in total. The third-order valence-electron chi connectivity index (χ3n) is 4.55. The van der Waals surface area contributed by atoms with Gasteiger partial charge >= 0.3 is 0 Å². The summed E-state index contributed by atoms with van der Waals surface area (Å²) < 4.78 is 5.43. The molecule has 1 fully saturated rings. The lowest BCUT2D eigenvalue weighted by molar-refractivity contribution is 0.0704. The lowest BCUT2D eigenvalue weighted by Crippen LogP contribution is -2.38. The van der Waals surface area contributed by atoms with Crippen molar-refractivity contribution in [2.24, 2.45) is 0 Å². The van der Waals surface area contributed by atoms with E-state index in [1.807, 2.05) is 4.90 Å². The maximum atomic E-state index is 12.4. The van der Waals surface area contributed by atoms with Gasteiger partial charge in [0.25, 0.3) is 5.91 Å². The Balaban J connectivity index is 1.60. The van der Waals surface area contributed by atoms with Crippen LogP contribution in [0, 0.1) is 0 Å². The SMILES string of the molecule is CC[C@H](C)c1noc(C2CCN(C(=O)c3cccnc3)CC2)n1. The quantitative estimate of drug-likeness (QED) is 0.867. The fraction of sp³-hybridized carbons (Fsp3) is 0.529. The number of carbonyl (C=O) groups is 1. The van der Waals surface area contributed by atoms with Crippen molar-refractivity contribution in [3.8, 4) is 0 Å². The van der Waals surface area contributed by atoms with Gasteiger partial charge in [-0.2, -0.15) is 4.98 Å². The van der Waals surface area contributed by atoms with Crippen LogP contribution in [0.15, 0.2) is 29.0 Å². The number of piperidine rings is 1. The molecule has 2 aromatic rings. The number of hydrogen-bond donors (Lipinski definition) is 0. The molecular weight excluding hydrogens is 292 g/mol. The van der Waals surface area contributed by atoms with Gasteiger partial charge in [0, 0.05) is 37.3 Å². The molecule has 0 N–H and O–H groups in total. The van der Waals surface area contributed by atoms with Crippen molar-refractivity contribution in [2.45, 2.75) is 44.9 Å². The van der Waals surface area contributed by atoms with E-state index in [0.29, 0.717) is 30.5 Å². The predicted octanol–water partition coefficient (Wildman–Crippen LogP) is 3.00. The number of hydrogen-bond acceptors (Lipinski definition) is 5. The van der Waals surface area contributed by atoms with Crippen LogP contribution in [0.4, 0.5) is 0 Å². The van der Waals surface area contributed by atoms with Gasteiger partial charge in [0.2, 0.25) is 5.89 Å². The summed E-state index contributed by atoms with van der Waals surface area (Å²) in [6.07, 6.45) is 6.00. The van der Waals surface area contributed by atoms with E-state index >= 15 is 0 Å². The number of pyridine rings is 1. The Morgan fingerprint density at radius 3 is 2.87 bits per heavy atom. The molecule has 6 heteroatoms. The molecular formula is C17H22N4O2. The highest BCUT2D eigenvalue weighted by atomic mass is 16.5. The Labute approximate surface area is 135 Å².